The summed E-state index contributed by atoms with van der Waals surface area (Å²) in [5.74, 6) is 0.559. The Morgan fingerprint density at radius 1 is 1.43 bits per heavy atom. The maximum atomic E-state index is 12.6. The summed E-state index contributed by atoms with van der Waals surface area (Å²) in [6.45, 7) is 3.82. The summed E-state index contributed by atoms with van der Waals surface area (Å²) in [6.07, 6.45) is 2.39. The van der Waals surface area contributed by atoms with Crippen molar-refractivity contribution in [2.75, 3.05) is 51.7 Å². The van der Waals surface area contributed by atoms with Crippen LogP contribution in [0.2, 0.25) is 5.02 Å². The molecule has 2 heterocycles. The van der Waals surface area contributed by atoms with Crippen LogP contribution in [-0.4, -0.2) is 72.2 Å². The standard InChI is InChI=1S/C14H21ClN4O2/c1-16-13-9-11(12(15)10-17-13)14(21)19-4-2-3-18(5-6-19)7-8-20/h9-10,20H,2-8H2,1H3,(H,16,17). The molecule has 0 saturated carbocycles. The summed E-state index contributed by atoms with van der Waals surface area (Å²) in [5, 5.41) is 12.3. The summed E-state index contributed by atoms with van der Waals surface area (Å²) in [6, 6.07) is 1.68. The highest BCUT2D eigenvalue weighted by Crippen LogP contribution is 2.20. The van der Waals surface area contributed by atoms with E-state index in [1.807, 2.05) is 4.90 Å². The minimum absolute atomic E-state index is 0.0650. The number of halogens is 1. The van der Waals surface area contributed by atoms with Gasteiger partial charge in [0.05, 0.1) is 17.2 Å². The quantitative estimate of drug-likeness (QED) is 0.865. The first kappa shape index (κ1) is 16.0. The Balaban J connectivity index is 2.09. The molecular formula is C14H21ClN4O2. The van der Waals surface area contributed by atoms with E-state index in [1.54, 1.807) is 13.1 Å². The molecule has 1 amide bonds. The lowest BCUT2D eigenvalue weighted by Crippen LogP contribution is -2.36. The fraction of sp³-hybridized carbons (Fsp3) is 0.571. The third-order valence-electron chi connectivity index (χ3n) is 3.63. The molecule has 1 aliphatic heterocycles. The lowest BCUT2D eigenvalue weighted by Gasteiger charge is -2.22. The SMILES string of the molecule is CNc1cc(C(=O)N2CCCN(CCO)CC2)c(Cl)cn1. The summed E-state index contributed by atoms with van der Waals surface area (Å²) >= 11 is 6.11. The number of nitrogens with zero attached hydrogens (tertiary/aromatic N) is 3. The van der Waals surface area contributed by atoms with Gasteiger partial charge in [0.1, 0.15) is 5.82 Å². The minimum atomic E-state index is -0.0650. The molecule has 6 nitrogen and oxygen atoms in total. The van der Waals surface area contributed by atoms with Gasteiger partial charge in [0.15, 0.2) is 0 Å². The van der Waals surface area contributed by atoms with Crippen molar-refractivity contribution in [3.63, 3.8) is 0 Å². The number of hydrogen-bond acceptors (Lipinski definition) is 5. The second kappa shape index (κ2) is 7.59. The Morgan fingerprint density at radius 2 is 2.24 bits per heavy atom. The van der Waals surface area contributed by atoms with E-state index in [4.69, 9.17) is 16.7 Å². The Labute approximate surface area is 129 Å². The number of β-amino-alcohol motifs (C(OH)–C–C–N with tert-alkyl or cyclic N) is 1. The van der Waals surface area contributed by atoms with Gasteiger partial charge in [-0.15, -0.1) is 0 Å². The molecule has 1 aromatic rings. The number of aliphatic hydroxyl groups is 1. The van der Waals surface area contributed by atoms with Gasteiger partial charge in [-0.1, -0.05) is 11.6 Å². The molecule has 2 rings (SSSR count). The van der Waals surface area contributed by atoms with Crippen molar-refractivity contribution in [1.82, 2.24) is 14.8 Å². The average Bonchev–Trinajstić information content (AvgIpc) is 2.73. The number of rotatable bonds is 4. The summed E-state index contributed by atoms with van der Waals surface area (Å²) in [7, 11) is 1.75. The number of hydrogen-bond donors (Lipinski definition) is 2. The molecule has 0 atom stereocenters. The predicted molar refractivity (Wildman–Crippen MR) is 82.8 cm³/mol. The second-order valence-corrected chi connectivity index (χ2v) is 5.42. The predicted octanol–water partition coefficient (Wildman–Crippen LogP) is 0.917. The maximum absolute atomic E-state index is 12.6. The van der Waals surface area contributed by atoms with E-state index in [0.29, 0.717) is 36.0 Å². The van der Waals surface area contributed by atoms with Gasteiger partial charge >= 0.3 is 0 Å². The van der Waals surface area contributed by atoms with E-state index in [2.05, 4.69) is 15.2 Å². The molecule has 116 valence electrons. The first-order chi connectivity index (χ1) is 10.2. The van der Waals surface area contributed by atoms with Gasteiger partial charge in [-0.2, -0.15) is 0 Å². The Hall–Kier alpha value is -1.37. The topological polar surface area (TPSA) is 68.7 Å². The molecule has 21 heavy (non-hydrogen) atoms. The molecule has 7 heteroatoms. The number of aliphatic hydroxyl groups excluding tert-OH is 1. The monoisotopic (exact) mass is 312 g/mol. The molecule has 1 saturated heterocycles. The van der Waals surface area contributed by atoms with Crippen molar-refractivity contribution in [3.8, 4) is 0 Å². The van der Waals surface area contributed by atoms with Crippen LogP contribution in [0.5, 0.6) is 0 Å². The third-order valence-corrected chi connectivity index (χ3v) is 3.94. The maximum Gasteiger partial charge on any atom is 0.255 e. The van der Waals surface area contributed by atoms with Gasteiger partial charge in [0.25, 0.3) is 5.91 Å². The fourth-order valence-corrected chi connectivity index (χ4v) is 2.63. The molecule has 0 aromatic carbocycles. The molecular weight excluding hydrogens is 292 g/mol. The zero-order valence-corrected chi connectivity index (χ0v) is 12.9. The van der Waals surface area contributed by atoms with E-state index in [1.165, 1.54) is 6.20 Å². The van der Waals surface area contributed by atoms with E-state index >= 15 is 0 Å². The van der Waals surface area contributed by atoms with Crippen LogP contribution in [0.25, 0.3) is 0 Å². The highest BCUT2D eigenvalue weighted by Gasteiger charge is 2.22. The van der Waals surface area contributed by atoms with Crippen molar-refractivity contribution >= 4 is 23.3 Å². The molecule has 0 spiro atoms. The fourth-order valence-electron chi connectivity index (χ4n) is 2.45. The van der Waals surface area contributed by atoms with Crippen molar-refractivity contribution in [3.05, 3.63) is 22.8 Å². The average molecular weight is 313 g/mol. The molecule has 1 fully saturated rings. The largest absolute Gasteiger partial charge is 0.395 e. The smallest absolute Gasteiger partial charge is 0.255 e. The van der Waals surface area contributed by atoms with Gasteiger partial charge in [-0.25, -0.2) is 4.98 Å². The summed E-state index contributed by atoms with van der Waals surface area (Å²) < 4.78 is 0. The number of carbonyl (C=O) groups is 1. The van der Waals surface area contributed by atoms with Gasteiger partial charge in [0, 0.05) is 39.4 Å². The van der Waals surface area contributed by atoms with E-state index < -0.39 is 0 Å². The summed E-state index contributed by atoms with van der Waals surface area (Å²) in [4.78, 5) is 20.7. The zero-order valence-electron chi connectivity index (χ0n) is 12.2. The normalized spacial score (nSPS) is 16.6. The third kappa shape index (κ3) is 4.06. The van der Waals surface area contributed by atoms with Gasteiger partial charge in [0.2, 0.25) is 0 Å². The van der Waals surface area contributed by atoms with Crippen molar-refractivity contribution in [2.24, 2.45) is 0 Å². The first-order valence-corrected chi connectivity index (χ1v) is 7.49. The molecule has 0 unspecified atom stereocenters. The van der Waals surface area contributed by atoms with E-state index in [0.717, 1.165) is 19.5 Å². The van der Waals surface area contributed by atoms with E-state index in [-0.39, 0.29) is 12.5 Å². The highest BCUT2D eigenvalue weighted by molar-refractivity contribution is 6.33. The lowest BCUT2D eigenvalue weighted by atomic mass is 10.2. The Kier molecular flexibility index (Phi) is 5.78. The Morgan fingerprint density at radius 3 is 2.95 bits per heavy atom. The van der Waals surface area contributed by atoms with Crippen LogP contribution >= 0.6 is 11.6 Å². The lowest BCUT2D eigenvalue weighted by molar-refractivity contribution is 0.0760. The van der Waals surface area contributed by atoms with Crippen LogP contribution in [0.15, 0.2) is 12.3 Å². The molecule has 2 N–H and O–H groups in total. The van der Waals surface area contributed by atoms with E-state index in [9.17, 15) is 4.79 Å². The minimum Gasteiger partial charge on any atom is -0.395 e. The van der Waals surface area contributed by atoms with Crippen molar-refractivity contribution in [1.29, 1.82) is 0 Å². The van der Waals surface area contributed by atoms with Crippen LogP contribution in [0.4, 0.5) is 5.82 Å². The number of amides is 1. The first-order valence-electron chi connectivity index (χ1n) is 7.11. The molecule has 0 bridgehead atoms. The van der Waals surface area contributed by atoms with Crippen LogP contribution in [0.3, 0.4) is 0 Å². The van der Waals surface area contributed by atoms with Gasteiger partial charge < -0.3 is 15.3 Å². The number of aromatic nitrogens is 1. The summed E-state index contributed by atoms with van der Waals surface area (Å²) in [5.41, 5.74) is 0.478. The number of nitrogens with one attached hydrogen (secondary N) is 1. The number of carbonyl (C=O) groups excluding carboxylic acids is 1. The molecule has 0 radical (unpaired) electrons. The van der Waals surface area contributed by atoms with Crippen LogP contribution in [0.1, 0.15) is 16.8 Å². The van der Waals surface area contributed by atoms with Gasteiger partial charge in [-0.3, -0.25) is 9.69 Å². The molecule has 1 aliphatic rings. The zero-order chi connectivity index (χ0) is 15.2. The van der Waals surface area contributed by atoms with Crippen LogP contribution in [-0.2, 0) is 0 Å². The number of anilines is 1. The van der Waals surface area contributed by atoms with Gasteiger partial charge in [-0.05, 0) is 19.0 Å². The van der Waals surface area contributed by atoms with Crippen molar-refractivity contribution in [2.45, 2.75) is 6.42 Å². The van der Waals surface area contributed by atoms with Crippen molar-refractivity contribution < 1.29 is 9.90 Å². The molecule has 1 aromatic heterocycles. The van der Waals surface area contributed by atoms with Crippen LogP contribution < -0.4 is 5.32 Å². The molecule has 0 aliphatic carbocycles. The second-order valence-electron chi connectivity index (χ2n) is 5.01. The highest BCUT2D eigenvalue weighted by atomic mass is 35.5. The number of pyridine rings is 1. The Bertz CT molecular complexity index is 498. The van der Waals surface area contributed by atoms with Crippen LogP contribution in [0, 0.1) is 0 Å².